The molecule has 0 unspecified atom stereocenters. The summed E-state index contributed by atoms with van der Waals surface area (Å²) in [7, 11) is 0. The molecule has 3 heterocycles. The van der Waals surface area contributed by atoms with Gasteiger partial charge in [-0.25, -0.2) is 4.98 Å². The molecule has 0 saturated carbocycles. The first-order chi connectivity index (χ1) is 12.7. The van der Waals surface area contributed by atoms with Crippen LogP contribution in [0.1, 0.15) is 35.4 Å². The summed E-state index contributed by atoms with van der Waals surface area (Å²) in [5.74, 6) is -0.204. The van der Waals surface area contributed by atoms with E-state index in [2.05, 4.69) is 26.3 Å². The van der Waals surface area contributed by atoms with Crippen molar-refractivity contribution in [2.45, 2.75) is 26.2 Å². The number of amides is 1. The minimum atomic E-state index is -0.204. The first-order valence-electron chi connectivity index (χ1n) is 9.09. The van der Waals surface area contributed by atoms with Gasteiger partial charge in [0.15, 0.2) is 0 Å². The second-order valence-electron chi connectivity index (χ2n) is 6.72. The lowest BCUT2D eigenvalue weighted by molar-refractivity contribution is 0.102. The summed E-state index contributed by atoms with van der Waals surface area (Å²) in [6, 6.07) is 11.6. The second-order valence-corrected chi connectivity index (χ2v) is 6.72. The molecule has 0 bridgehead atoms. The number of nitrogens with zero attached hydrogens (tertiary/aromatic N) is 3. The fraction of sp³-hybridized carbons (Fsp3) is 0.286. The average molecular weight is 346 g/mol. The molecule has 3 aromatic rings. The summed E-state index contributed by atoms with van der Waals surface area (Å²) < 4.78 is 0. The fourth-order valence-electron chi connectivity index (χ4n) is 3.55. The lowest BCUT2D eigenvalue weighted by Gasteiger charge is -2.30. The molecule has 0 spiro atoms. The van der Waals surface area contributed by atoms with E-state index >= 15 is 0 Å². The van der Waals surface area contributed by atoms with Crippen LogP contribution in [0.5, 0.6) is 0 Å². The first kappa shape index (κ1) is 16.5. The lowest BCUT2D eigenvalue weighted by Crippen LogP contribution is -2.29. The Balaban J connectivity index is 1.69. The Morgan fingerprint density at radius 3 is 2.69 bits per heavy atom. The van der Waals surface area contributed by atoms with E-state index in [9.17, 15) is 4.79 Å². The molecule has 26 heavy (non-hydrogen) atoms. The summed E-state index contributed by atoms with van der Waals surface area (Å²) in [5, 5.41) is 5.08. The van der Waals surface area contributed by atoms with Crippen molar-refractivity contribution in [2.75, 3.05) is 23.3 Å². The summed E-state index contributed by atoms with van der Waals surface area (Å²) in [5.41, 5.74) is 3.22. The number of benzene rings is 1. The van der Waals surface area contributed by atoms with Crippen molar-refractivity contribution in [3.63, 3.8) is 0 Å². The van der Waals surface area contributed by atoms with Crippen LogP contribution in [0.2, 0.25) is 0 Å². The maximum atomic E-state index is 12.6. The van der Waals surface area contributed by atoms with Gasteiger partial charge in [-0.2, -0.15) is 0 Å². The molecule has 132 valence electrons. The fourth-order valence-corrected chi connectivity index (χ4v) is 3.55. The van der Waals surface area contributed by atoms with Crippen LogP contribution in [-0.4, -0.2) is 29.0 Å². The number of anilines is 2. The SMILES string of the molecule is Cc1cccc(C(=O)Nc2ccc(N3CCCCC3)c3ccncc23)n1. The van der Waals surface area contributed by atoms with E-state index in [0.29, 0.717) is 5.69 Å². The number of piperidine rings is 1. The van der Waals surface area contributed by atoms with Gasteiger partial charge < -0.3 is 10.2 Å². The van der Waals surface area contributed by atoms with Crippen LogP contribution in [0.4, 0.5) is 11.4 Å². The molecule has 5 nitrogen and oxygen atoms in total. The molecule has 0 atom stereocenters. The zero-order valence-corrected chi connectivity index (χ0v) is 14.9. The number of aromatic nitrogens is 2. The summed E-state index contributed by atoms with van der Waals surface area (Å²) >= 11 is 0. The number of aryl methyl sites for hydroxylation is 1. The van der Waals surface area contributed by atoms with Gasteiger partial charge in [0.1, 0.15) is 5.69 Å². The van der Waals surface area contributed by atoms with Gasteiger partial charge in [0.25, 0.3) is 5.91 Å². The smallest absolute Gasteiger partial charge is 0.274 e. The van der Waals surface area contributed by atoms with Crippen LogP contribution in [0.25, 0.3) is 10.8 Å². The van der Waals surface area contributed by atoms with E-state index in [4.69, 9.17) is 0 Å². The molecule has 1 saturated heterocycles. The van der Waals surface area contributed by atoms with Crippen molar-refractivity contribution in [1.82, 2.24) is 9.97 Å². The Bertz CT molecular complexity index is 948. The Morgan fingerprint density at radius 2 is 1.88 bits per heavy atom. The van der Waals surface area contributed by atoms with Crippen molar-refractivity contribution in [3.05, 3.63) is 60.2 Å². The quantitative estimate of drug-likeness (QED) is 0.773. The molecular formula is C21H22N4O. The maximum absolute atomic E-state index is 12.6. The molecule has 1 aliphatic heterocycles. The highest BCUT2D eigenvalue weighted by Gasteiger charge is 2.16. The number of nitrogens with one attached hydrogen (secondary N) is 1. The molecule has 1 N–H and O–H groups in total. The van der Waals surface area contributed by atoms with Crippen LogP contribution in [0.15, 0.2) is 48.8 Å². The van der Waals surface area contributed by atoms with Crippen LogP contribution >= 0.6 is 0 Å². The highest BCUT2D eigenvalue weighted by atomic mass is 16.1. The molecule has 1 aromatic carbocycles. The van der Waals surface area contributed by atoms with E-state index in [1.54, 1.807) is 6.07 Å². The molecule has 4 rings (SSSR count). The summed E-state index contributed by atoms with van der Waals surface area (Å²) in [6.07, 6.45) is 7.38. The number of fused-ring (bicyclic) bond motifs is 1. The molecule has 1 fully saturated rings. The monoisotopic (exact) mass is 346 g/mol. The molecule has 0 aliphatic carbocycles. The zero-order valence-electron chi connectivity index (χ0n) is 14.9. The third-order valence-corrected chi connectivity index (χ3v) is 4.86. The number of pyridine rings is 2. The maximum Gasteiger partial charge on any atom is 0.274 e. The van der Waals surface area contributed by atoms with Crippen molar-refractivity contribution < 1.29 is 4.79 Å². The van der Waals surface area contributed by atoms with Gasteiger partial charge >= 0.3 is 0 Å². The van der Waals surface area contributed by atoms with E-state index in [-0.39, 0.29) is 5.91 Å². The number of carbonyl (C=O) groups excluding carboxylic acids is 1. The highest BCUT2D eigenvalue weighted by molar-refractivity contribution is 6.10. The van der Waals surface area contributed by atoms with Gasteiger partial charge in [-0.05, 0) is 56.5 Å². The molecule has 1 amide bonds. The van der Waals surface area contributed by atoms with Crippen molar-refractivity contribution >= 4 is 28.1 Å². The van der Waals surface area contributed by atoms with E-state index in [0.717, 1.165) is 35.2 Å². The molecular weight excluding hydrogens is 324 g/mol. The van der Waals surface area contributed by atoms with Crippen LogP contribution in [0, 0.1) is 6.92 Å². The lowest BCUT2D eigenvalue weighted by atomic mass is 10.0. The van der Waals surface area contributed by atoms with Crippen LogP contribution in [0.3, 0.4) is 0 Å². The summed E-state index contributed by atoms with van der Waals surface area (Å²) in [6.45, 7) is 4.04. The normalized spacial score (nSPS) is 14.4. The van der Waals surface area contributed by atoms with Crippen LogP contribution in [-0.2, 0) is 0 Å². The van der Waals surface area contributed by atoms with Gasteiger partial charge in [-0.1, -0.05) is 6.07 Å². The molecule has 0 radical (unpaired) electrons. The average Bonchev–Trinajstić information content (AvgIpc) is 2.69. The van der Waals surface area contributed by atoms with Gasteiger partial charge in [0.05, 0.1) is 5.69 Å². The minimum absolute atomic E-state index is 0.204. The third kappa shape index (κ3) is 3.25. The standard InChI is InChI=1S/C21H22N4O/c1-15-6-5-7-19(23-15)21(26)24-18-8-9-20(25-12-3-2-4-13-25)16-10-11-22-14-17(16)18/h5-11,14H,2-4,12-13H2,1H3,(H,24,26). The van der Waals surface area contributed by atoms with Gasteiger partial charge in [0.2, 0.25) is 0 Å². The van der Waals surface area contributed by atoms with Gasteiger partial charge in [0, 0.05) is 47.6 Å². The van der Waals surface area contributed by atoms with Crippen LogP contribution < -0.4 is 10.2 Å². The Hall–Kier alpha value is -2.95. The Labute approximate surface area is 153 Å². The van der Waals surface area contributed by atoms with E-state index < -0.39 is 0 Å². The second kappa shape index (κ2) is 7.12. The van der Waals surface area contributed by atoms with E-state index in [1.807, 2.05) is 43.6 Å². The first-order valence-corrected chi connectivity index (χ1v) is 9.09. The van der Waals surface area contributed by atoms with Crippen molar-refractivity contribution in [1.29, 1.82) is 0 Å². The van der Waals surface area contributed by atoms with Crippen molar-refractivity contribution in [3.8, 4) is 0 Å². The predicted molar refractivity (Wildman–Crippen MR) is 105 cm³/mol. The largest absolute Gasteiger partial charge is 0.371 e. The minimum Gasteiger partial charge on any atom is -0.371 e. The Kier molecular flexibility index (Phi) is 4.52. The Morgan fingerprint density at radius 1 is 1.04 bits per heavy atom. The zero-order chi connectivity index (χ0) is 17.9. The third-order valence-electron chi connectivity index (χ3n) is 4.86. The highest BCUT2D eigenvalue weighted by Crippen LogP contribution is 2.33. The number of hydrogen-bond donors (Lipinski definition) is 1. The molecule has 1 aliphatic rings. The molecule has 5 heteroatoms. The van der Waals surface area contributed by atoms with Gasteiger partial charge in [-0.3, -0.25) is 9.78 Å². The number of rotatable bonds is 3. The number of carbonyl (C=O) groups is 1. The topological polar surface area (TPSA) is 58.1 Å². The van der Waals surface area contributed by atoms with Gasteiger partial charge in [-0.15, -0.1) is 0 Å². The van der Waals surface area contributed by atoms with E-state index in [1.165, 1.54) is 24.9 Å². The molecule has 2 aromatic heterocycles. The summed E-state index contributed by atoms with van der Waals surface area (Å²) in [4.78, 5) is 23.6. The van der Waals surface area contributed by atoms with Crippen molar-refractivity contribution in [2.24, 2.45) is 0 Å². The number of hydrogen-bond acceptors (Lipinski definition) is 4. The predicted octanol–water partition coefficient (Wildman–Crippen LogP) is 4.18.